The summed E-state index contributed by atoms with van der Waals surface area (Å²) in [4.78, 5) is 0. The minimum Gasteiger partial charge on any atom is -0.388 e. The Kier molecular flexibility index (Phi) is 3.66. The molecule has 1 fully saturated rings. The standard InChI is InChI=1S/C10H16O3/c1-4-7(2)5-10-9(11)6-12-8(3)13-10/h4-5,8-11H,1,6H2,2-3H3/b7-5-. The summed E-state index contributed by atoms with van der Waals surface area (Å²) in [6, 6.07) is 0. The van der Waals surface area contributed by atoms with Gasteiger partial charge in [-0.1, -0.05) is 24.3 Å². The van der Waals surface area contributed by atoms with Crippen LogP contribution in [-0.2, 0) is 9.47 Å². The molecular weight excluding hydrogens is 168 g/mol. The summed E-state index contributed by atoms with van der Waals surface area (Å²) >= 11 is 0. The molecule has 3 unspecified atom stereocenters. The van der Waals surface area contributed by atoms with E-state index in [0.717, 1.165) is 5.57 Å². The van der Waals surface area contributed by atoms with Crippen molar-refractivity contribution in [3.8, 4) is 0 Å². The Morgan fingerprint density at radius 1 is 1.62 bits per heavy atom. The average molecular weight is 184 g/mol. The molecule has 1 heterocycles. The quantitative estimate of drug-likeness (QED) is 0.656. The molecule has 0 aromatic carbocycles. The van der Waals surface area contributed by atoms with Crippen molar-refractivity contribution in [2.75, 3.05) is 6.61 Å². The van der Waals surface area contributed by atoms with Gasteiger partial charge in [0.15, 0.2) is 6.29 Å². The Balaban J connectivity index is 2.60. The van der Waals surface area contributed by atoms with Gasteiger partial charge in [-0.25, -0.2) is 0 Å². The highest BCUT2D eigenvalue weighted by molar-refractivity contribution is 5.15. The molecule has 1 rings (SSSR count). The van der Waals surface area contributed by atoms with Crippen molar-refractivity contribution in [2.24, 2.45) is 0 Å². The van der Waals surface area contributed by atoms with Gasteiger partial charge in [0.2, 0.25) is 0 Å². The number of aliphatic hydroxyl groups is 1. The highest BCUT2D eigenvalue weighted by Crippen LogP contribution is 2.15. The molecule has 3 atom stereocenters. The highest BCUT2D eigenvalue weighted by Gasteiger charge is 2.26. The fourth-order valence-electron chi connectivity index (χ4n) is 1.16. The van der Waals surface area contributed by atoms with Gasteiger partial charge < -0.3 is 14.6 Å². The number of hydrogen-bond acceptors (Lipinski definition) is 3. The molecule has 0 saturated carbocycles. The number of ether oxygens (including phenoxy) is 2. The van der Waals surface area contributed by atoms with Crippen molar-refractivity contribution in [2.45, 2.75) is 32.3 Å². The van der Waals surface area contributed by atoms with Crippen LogP contribution >= 0.6 is 0 Å². The minimum absolute atomic E-state index is 0.248. The SMILES string of the molecule is C=C/C(C)=C\C1OC(C)OCC1O. The van der Waals surface area contributed by atoms with Crippen LogP contribution in [0.3, 0.4) is 0 Å². The molecule has 74 valence electrons. The molecule has 3 heteroatoms. The number of aliphatic hydroxyl groups excluding tert-OH is 1. The second-order valence-corrected chi connectivity index (χ2v) is 3.18. The molecule has 13 heavy (non-hydrogen) atoms. The van der Waals surface area contributed by atoms with E-state index >= 15 is 0 Å². The average Bonchev–Trinajstić information content (AvgIpc) is 2.11. The molecule has 0 aromatic heterocycles. The van der Waals surface area contributed by atoms with E-state index in [0.29, 0.717) is 6.61 Å². The highest BCUT2D eigenvalue weighted by atomic mass is 16.7. The monoisotopic (exact) mass is 184 g/mol. The topological polar surface area (TPSA) is 38.7 Å². The van der Waals surface area contributed by atoms with Crippen molar-refractivity contribution in [3.63, 3.8) is 0 Å². The van der Waals surface area contributed by atoms with Crippen LogP contribution in [0.4, 0.5) is 0 Å². The lowest BCUT2D eigenvalue weighted by molar-refractivity contribution is -0.230. The summed E-state index contributed by atoms with van der Waals surface area (Å²) in [7, 11) is 0. The third-order valence-electron chi connectivity index (χ3n) is 1.98. The largest absolute Gasteiger partial charge is 0.388 e. The van der Waals surface area contributed by atoms with Crippen LogP contribution < -0.4 is 0 Å². The smallest absolute Gasteiger partial charge is 0.155 e. The van der Waals surface area contributed by atoms with Gasteiger partial charge in [-0.05, 0) is 13.8 Å². The van der Waals surface area contributed by atoms with Crippen molar-refractivity contribution in [1.82, 2.24) is 0 Å². The van der Waals surface area contributed by atoms with Gasteiger partial charge in [0.05, 0.1) is 6.61 Å². The molecule has 0 radical (unpaired) electrons. The first-order valence-electron chi connectivity index (χ1n) is 4.39. The molecule has 3 nitrogen and oxygen atoms in total. The van der Waals surface area contributed by atoms with Crippen LogP contribution in [0, 0.1) is 0 Å². The first-order valence-corrected chi connectivity index (χ1v) is 4.39. The fourth-order valence-corrected chi connectivity index (χ4v) is 1.16. The Bertz CT molecular complexity index is 210. The summed E-state index contributed by atoms with van der Waals surface area (Å²) in [5.41, 5.74) is 0.998. The first-order chi connectivity index (χ1) is 6.13. The lowest BCUT2D eigenvalue weighted by atomic mass is 10.1. The van der Waals surface area contributed by atoms with Gasteiger partial charge in [-0.15, -0.1) is 0 Å². The molecule has 0 bridgehead atoms. The van der Waals surface area contributed by atoms with Gasteiger partial charge in [0.1, 0.15) is 12.2 Å². The lowest BCUT2D eigenvalue weighted by Crippen LogP contribution is -2.41. The molecular formula is C10H16O3. The van der Waals surface area contributed by atoms with E-state index in [1.54, 1.807) is 6.08 Å². The summed E-state index contributed by atoms with van der Waals surface area (Å²) < 4.78 is 10.5. The zero-order chi connectivity index (χ0) is 9.84. The number of rotatable bonds is 2. The van der Waals surface area contributed by atoms with E-state index in [-0.39, 0.29) is 12.4 Å². The van der Waals surface area contributed by atoms with Gasteiger partial charge in [0, 0.05) is 0 Å². The van der Waals surface area contributed by atoms with Crippen LogP contribution in [0.1, 0.15) is 13.8 Å². The van der Waals surface area contributed by atoms with E-state index in [4.69, 9.17) is 9.47 Å². The van der Waals surface area contributed by atoms with Gasteiger partial charge in [-0.3, -0.25) is 0 Å². The van der Waals surface area contributed by atoms with Crippen LogP contribution in [0.25, 0.3) is 0 Å². The van der Waals surface area contributed by atoms with Crippen LogP contribution in [0.5, 0.6) is 0 Å². The van der Waals surface area contributed by atoms with Crippen molar-refractivity contribution in [1.29, 1.82) is 0 Å². The summed E-state index contributed by atoms with van der Waals surface area (Å²) in [6.07, 6.45) is 2.49. The van der Waals surface area contributed by atoms with E-state index < -0.39 is 6.10 Å². The number of hydrogen-bond donors (Lipinski definition) is 1. The van der Waals surface area contributed by atoms with Gasteiger partial charge in [0.25, 0.3) is 0 Å². The van der Waals surface area contributed by atoms with Crippen LogP contribution in [0.2, 0.25) is 0 Å². The van der Waals surface area contributed by atoms with E-state index in [1.807, 2.05) is 19.9 Å². The zero-order valence-corrected chi connectivity index (χ0v) is 8.06. The van der Waals surface area contributed by atoms with Gasteiger partial charge in [-0.2, -0.15) is 0 Å². The maximum absolute atomic E-state index is 9.50. The maximum Gasteiger partial charge on any atom is 0.155 e. The molecule has 0 aliphatic carbocycles. The van der Waals surface area contributed by atoms with Crippen LogP contribution in [0.15, 0.2) is 24.3 Å². The summed E-state index contributed by atoms with van der Waals surface area (Å²) in [5.74, 6) is 0. The van der Waals surface area contributed by atoms with Crippen LogP contribution in [-0.4, -0.2) is 30.2 Å². The zero-order valence-electron chi connectivity index (χ0n) is 8.06. The molecule has 0 spiro atoms. The van der Waals surface area contributed by atoms with Crippen molar-refractivity contribution < 1.29 is 14.6 Å². The maximum atomic E-state index is 9.50. The summed E-state index contributed by atoms with van der Waals surface area (Å²) in [5, 5.41) is 9.50. The Labute approximate surface area is 78.7 Å². The molecule has 0 amide bonds. The van der Waals surface area contributed by atoms with E-state index in [9.17, 15) is 5.11 Å². The van der Waals surface area contributed by atoms with Gasteiger partial charge >= 0.3 is 0 Å². The molecule has 1 saturated heterocycles. The van der Waals surface area contributed by atoms with Crippen molar-refractivity contribution >= 4 is 0 Å². The normalized spacial score (nSPS) is 35.9. The molecule has 1 aliphatic rings. The molecule has 1 aliphatic heterocycles. The summed E-state index contributed by atoms with van der Waals surface area (Å²) in [6.45, 7) is 7.69. The molecule has 1 N–H and O–H groups in total. The second kappa shape index (κ2) is 4.56. The van der Waals surface area contributed by atoms with Crippen molar-refractivity contribution in [3.05, 3.63) is 24.3 Å². The Morgan fingerprint density at radius 3 is 2.92 bits per heavy atom. The predicted molar refractivity (Wildman–Crippen MR) is 50.2 cm³/mol. The predicted octanol–water partition coefficient (Wildman–Crippen LogP) is 1.24. The Morgan fingerprint density at radius 2 is 2.31 bits per heavy atom. The lowest BCUT2D eigenvalue weighted by Gasteiger charge is -2.30. The minimum atomic E-state index is -0.578. The molecule has 0 aromatic rings. The first kappa shape index (κ1) is 10.4. The fraction of sp³-hybridized carbons (Fsp3) is 0.600. The number of allylic oxidation sites excluding steroid dienone is 2. The van der Waals surface area contributed by atoms with E-state index in [2.05, 4.69) is 6.58 Å². The third kappa shape index (κ3) is 2.95. The second-order valence-electron chi connectivity index (χ2n) is 3.18. The Hall–Kier alpha value is -0.640. The van der Waals surface area contributed by atoms with E-state index in [1.165, 1.54) is 0 Å². The third-order valence-corrected chi connectivity index (χ3v) is 1.98.